The maximum atomic E-state index is 12.7. The molecule has 0 bridgehead atoms. The van der Waals surface area contributed by atoms with E-state index in [1.807, 2.05) is 24.3 Å². The number of nitrogens with zero attached hydrogens (tertiary/aromatic N) is 1. The second-order valence-corrected chi connectivity index (χ2v) is 5.96. The van der Waals surface area contributed by atoms with Gasteiger partial charge in [0.15, 0.2) is 0 Å². The minimum Gasteiger partial charge on any atom is -0.329 e. The first kappa shape index (κ1) is 17.2. The molecular weight excluding hydrogens is 321 g/mol. The number of benzene rings is 2. The highest BCUT2D eigenvalue weighted by Gasteiger charge is 2.21. The Morgan fingerprint density at radius 3 is 2.52 bits per heavy atom. The van der Waals surface area contributed by atoms with Crippen molar-refractivity contribution in [2.75, 3.05) is 6.54 Å². The number of aromatic nitrogens is 1. The maximum absolute atomic E-state index is 12.7. The molecule has 25 heavy (non-hydrogen) atoms. The van der Waals surface area contributed by atoms with E-state index in [2.05, 4.69) is 4.98 Å². The zero-order valence-corrected chi connectivity index (χ0v) is 13.5. The number of carbonyl (C=O) groups excluding carboxylic acids is 1. The van der Waals surface area contributed by atoms with Gasteiger partial charge in [-0.1, -0.05) is 42.5 Å². The molecule has 0 aliphatic carbocycles. The smallest absolute Gasteiger partial charge is 0.329 e. The first-order valence-corrected chi connectivity index (χ1v) is 8.02. The lowest BCUT2D eigenvalue weighted by atomic mass is 9.83. The van der Waals surface area contributed by atoms with Crippen LogP contribution in [-0.2, 0) is 11.2 Å². The molecule has 0 unspecified atom stereocenters. The Balaban J connectivity index is 1.79. The number of rotatable bonds is 6. The van der Waals surface area contributed by atoms with E-state index in [1.54, 1.807) is 24.5 Å². The van der Waals surface area contributed by atoms with Crippen LogP contribution in [0.5, 0.6) is 0 Å². The molecule has 0 amide bonds. The van der Waals surface area contributed by atoms with Gasteiger partial charge in [0.05, 0.1) is 5.92 Å². The molecule has 0 spiro atoms. The third-order valence-corrected chi connectivity index (χ3v) is 4.30. The van der Waals surface area contributed by atoms with Gasteiger partial charge in [0.1, 0.15) is 5.78 Å². The molecule has 0 saturated heterocycles. The number of Topliss-reactive ketones (excluding diaryl/α,β-unsaturated/α-hetero) is 1. The van der Waals surface area contributed by atoms with E-state index in [4.69, 9.17) is 5.73 Å². The summed E-state index contributed by atoms with van der Waals surface area (Å²) in [5, 5.41) is 2.03. The van der Waals surface area contributed by atoms with Crippen LogP contribution in [0.15, 0.2) is 60.9 Å². The summed E-state index contributed by atoms with van der Waals surface area (Å²) in [7, 11) is -2.52. The number of hydrogen-bond donors (Lipinski definition) is 1. The van der Waals surface area contributed by atoms with E-state index in [0.717, 1.165) is 16.3 Å². The maximum Gasteiger partial charge on any atom is 0.571 e. The molecule has 1 aromatic heterocycles. The van der Waals surface area contributed by atoms with Crippen LogP contribution in [0.2, 0.25) is 0 Å². The Labute approximate surface area is 145 Å². The van der Waals surface area contributed by atoms with Crippen LogP contribution in [0, 0.1) is 0 Å². The van der Waals surface area contributed by atoms with E-state index >= 15 is 0 Å². The van der Waals surface area contributed by atoms with Gasteiger partial charge in [-0.3, -0.25) is 18.4 Å². The normalized spacial score (nSPS) is 12.1. The molecule has 0 aliphatic rings. The topological polar surface area (TPSA) is 56.0 Å². The summed E-state index contributed by atoms with van der Waals surface area (Å²) < 4.78 is 25.3. The largest absolute Gasteiger partial charge is 0.571 e. The molecule has 0 saturated carbocycles. The minimum atomic E-state index is -2.52. The average molecular weight is 338 g/mol. The van der Waals surface area contributed by atoms with Crippen molar-refractivity contribution >= 4 is 29.3 Å². The SMILES string of the molecule is NC[C@@H](C(=O)Cc1ccc2cnccc2c1)c1ccc(B(F)F)cc1. The first-order chi connectivity index (χ1) is 12.1. The van der Waals surface area contributed by atoms with Crippen molar-refractivity contribution in [2.45, 2.75) is 12.3 Å². The van der Waals surface area contributed by atoms with E-state index in [1.165, 1.54) is 12.1 Å². The number of hydrogen-bond acceptors (Lipinski definition) is 3. The van der Waals surface area contributed by atoms with Gasteiger partial charge < -0.3 is 5.73 Å². The van der Waals surface area contributed by atoms with Crippen molar-refractivity contribution in [3.8, 4) is 0 Å². The zero-order chi connectivity index (χ0) is 17.8. The van der Waals surface area contributed by atoms with Crippen LogP contribution in [0.4, 0.5) is 8.63 Å². The lowest BCUT2D eigenvalue weighted by Crippen LogP contribution is -2.25. The van der Waals surface area contributed by atoms with Crippen LogP contribution in [-0.4, -0.2) is 24.6 Å². The number of pyridine rings is 1. The van der Waals surface area contributed by atoms with Crippen LogP contribution in [0.25, 0.3) is 10.8 Å². The molecule has 3 rings (SSSR count). The second-order valence-electron chi connectivity index (χ2n) is 5.96. The highest BCUT2D eigenvalue weighted by molar-refractivity contribution is 6.59. The summed E-state index contributed by atoms with van der Waals surface area (Å²) in [6.45, 7) is 0.143. The predicted molar refractivity (Wildman–Crippen MR) is 96.3 cm³/mol. The molecule has 0 aliphatic heterocycles. The van der Waals surface area contributed by atoms with Crippen LogP contribution >= 0.6 is 0 Å². The van der Waals surface area contributed by atoms with Crippen molar-refractivity contribution in [1.29, 1.82) is 0 Å². The van der Waals surface area contributed by atoms with Crippen molar-refractivity contribution in [3.05, 3.63) is 72.1 Å². The molecule has 1 atom stereocenters. The van der Waals surface area contributed by atoms with Crippen LogP contribution in [0.3, 0.4) is 0 Å². The molecule has 3 nitrogen and oxygen atoms in total. The molecule has 0 fully saturated rings. The van der Waals surface area contributed by atoms with Crippen molar-refractivity contribution in [1.82, 2.24) is 4.98 Å². The standard InChI is InChI=1S/C19H17BF2N2O/c21-20(22)17-5-3-14(4-6-17)18(11-23)19(25)10-13-1-2-16-12-24-8-7-15(16)9-13/h1-9,12,18H,10-11,23H2/t18-/m1/s1. The first-order valence-electron chi connectivity index (χ1n) is 8.02. The van der Waals surface area contributed by atoms with Crippen molar-refractivity contribution in [2.24, 2.45) is 5.73 Å². The predicted octanol–water partition coefficient (Wildman–Crippen LogP) is 2.72. The van der Waals surface area contributed by atoms with Gasteiger partial charge in [0, 0.05) is 30.7 Å². The Morgan fingerprint density at radius 2 is 1.84 bits per heavy atom. The Kier molecular flexibility index (Phi) is 5.19. The van der Waals surface area contributed by atoms with Gasteiger partial charge in [-0.15, -0.1) is 0 Å². The minimum absolute atomic E-state index is 0.0271. The summed E-state index contributed by atoms with van der Waals surface area (Å²) in [6, 6.07) is 13.5. The molecule has 3 aromatic rings. The summed E-state index contributed by atoms with van der Waals surface area (Å²) in [5.74, 6) is -0.527. The van der Waals surface area contributed by atoms with E-state index in [9.17, 15) is 13.4 Å². The van der Waals surface area contributed by atoms with Crippen LogP contribution < -0.4 is 11.2 Å². The van der Waals surface area contributed by atoms with Gasteiger partial charge >= 0.3 is 7.27 Å². The summed E-state index contributed by atoms with van der Waals surface area (Å²) in [4.78, 5) is 16.7. The average Bonchev–Trinajstić information content (AvgIpc) is 2.62. The molecule has 0 radical (unpaired) electrons. The number of ketones is 1. The quantitative estimate of drug-likeness (QED) is 0.703. The van der Waals surface area contributed by atoms with Gasteiger partial charge in [0.2, 0.25) is 0 Å². The molecule has 6 heteroatoms. The molecule has 2 N–H and O–H groups in total. The fourth-order valence-electron chi connectivity index (χ4n) is 2.89. The fraction of sp³-hybridized carbons (Fsp3) is 0.158. The molecule has 126 valence electrons. The molecule has 1 heterocycles. The monoisotopic (exact) mass is 338 g/mol. The third-order valence-electron chi connectivity index (χ3n) is 4.30. The van der Waals surface area contributed by atoms with E-state index < -0.39 is 13.2 Å². The Hall–Kier alpha value is -2.60. The number of nitrogens with two attached hydrogens (primary N) is 1. The summed E-state index contributed by atoms with van der Waals surface area (Å²) in [6.07, 6.45) is 3.73. The lowest BCUT2D eigenvalue weighted by Gasteiger charge is -2.15. The molecular formula is C19H17BF2N2O. The second kappa shape index (κ2) is 7.53. The highest BCUT2D eigenvalue weighted by Crippen LogP contribution is 2.20. The third kappa shape index (κ3) is 3.91. The highest BCUT2D eigenvalue weighted by atomic mass is 19.2. The lowest BCUT2D eigenvalue weighted by molar-refractivity contribution is -0.119. The summed E-state index contributed by atoms with van der Waals surface area (Å²) in [5.41, 5.74) is 7.27. The van der Waals surface area contributed by atoms with Gasteiger partial charge in [-0.25, -0.2) is 0 Å². The number of fused-ring (bicyclic) bond motifs is 1. The Morgan fingerprint density at radius 1 is 1.08 bits per heavy atom. The number of halogens is 2. The molecule has 2 aromatic carbocycles. The van der Waals surface area contributed by atoms with Crippen LogP contribution in [0.1, 0.15) is 17.0 Å². The van der Waals surface area contributed by atoms with Crippen molar-refractivity contribution in [3.63, 3.8) is 0 Å². The van der Waals surface area contributed by atoms with Gasteiger partial charge in [-0.05, 0) is 28.0 Å². The Bertz CT molecular complexity index is 884. The van der Waals surface area contributed by atoms with Gasteiger partial charge in [0.25, 0.3) is 0 Å². The summed E-state index contributed by atoms with van der Waals surface area (Å²) >= 11 is 0. The van der Waals surface area contributed by atoms with Crippen molar-refractivity contribution < 1.29 is 13.4 Å². The zero-order valence-electron chi connectivity index (χ0n) is 13.5. The number of carbonyl (C=O) groups is 1. The van der Waals surface area contributed by atoms with E-state index in [-0.39, 0.29) is 24.2 Å². The van der Waals surface area contributed by atoms with E-state index in [0.29, 0.717) is 5.56 Å². The fourth-order valence-corrected chi connectivity index (χ4v) is 2.89. The van der Waals surface area contributed by atoms with Gasteiger partial charge in [-0.2, -0.15) is 0 Å².